The average molecular weight is 498 g/mol. The summed E-state index contributed by atoms with van der Waals surface area (Å²) in [5, 5.41) is 0. The van der Waals surface area contributed by atoms with Crippen molar-refractivity contribution < 1.29 is 19.1 Å². The van der Waals surface area contributed by atoms with E-state index in [4.69, 9.17) is 16.2 Å². The molecule has 196 valence electrons. The number of hydrogen-bond acceptors (Lipinski definition) is 7. The van der Waals surface area contributed by atoms with Gasteiger partial charge in [0.05, 0.1) is 12.0 Å². The SMILES string of the molecule is CC(C)(C)[C@H](C(=O)N1C[C@H](N)[C@H]2OCC(=O)[C@H]21)c1cc(N2CCN(C3CCC3)CC2)ccc1C(N)=O. The number of benzene rings is 1. The van der Waals surface area contributed by atoms with Crippen LogP contribution in [0.2, 0.25) is 0 Å². The van der Waals surface area contributed by atoms with Gasteiger partial charge in [0.15, 0.2) is 5.78 Å². The van der Waals surface area contributed by atoms with Crippen LogP contribution in [-0.2, 0) is 14.3 Å². The van der Waals surface area contributed by atoms with Gasteiger partial charge in [0, 0.05) is 50.0 Å². The van der Waals surface area contributed by atoms with Gasteiger partial charge >= 0.3 is 0 Å². The molecular formula is C27H39N5O4. The quantitative estimate of drug-likeness (QED) is 0.625. The number of anilines is 1. The summed E-state index contributed by atoms with van der Waals surface area (Å²) in [6.07, 6.45) is 3.44. The van der Waals surface area contributed by atoms with Crippen LogP contribution in [0.25, 0.3) is 0 Å². The van der Waals surface area contributed by atoms with Gasteiger partial charge in [0.25, 0.3) is 0 Å². The lowest BCUT2D eigenvalue weighted by Crippen LogP contribution is -2.52. The summed E-state index contributed by atoms with van der Waals surface area (Å²) in [5.74, 6) is -1.57. The number of nitrogens with two attached hydrogens (primary N) is 2. The molecule has 0 aromatic heterocycles. The number of ether oxygens (including phenoxy) is 1. The summed E-state index contributed by atoms with van der Waals surface area (Å²) in [6, 6.07) is 5.29. The highest BCUT2D eigenvalue weighted by atomic mass is 16.5. The zero-order chi connectivity index (χ0) is 25.8. The zero-order valence-corrected chi connectivity index (χ0v) is 21.6. The van der Waals surface area contributed by atoms with Crippen LogP contribution in [-0.4, -0.2) is 91.0 Å². The Morgan fingerprint density at radius 1 is 1.11 bits per heavy atom. The Labute approximate surface area is 213 Å². The first kappa shape index (κ1) is 25.2. The number of nitrogens with zero attached hydrogens (tertiary/aromatic N) is 3. The van der Waals surface area contributed by atoms with Gasteiger partial charge in [-0.15, -0.1) is 0 Å². The number of amides is 2. The molecule has 9 nitrogen and oxygen atoms in total. The van der Waals surface area contributed by atoms with Crippen LogP contribution in [0.4, 0.5) is 5.69 Å². The fourth-order valence-corrected chi connectivity index (χ4v) is 6.36. The van der Waals surface area contributed by atoms with E-state index in [0.29, 0.717) is 11.1 Å². The van der Waals surface area contributed by atoms with Gasteiger partial charge in [-0.05, 0) is 42.0 Å². The van der Waals surface area contributed by atoms with E-state index in [1.807, 2.05) is 32.9 Å². The number of carbonyl (C=O) groups excluding carboxylic acids is 3. The lowest BCUT2D eigenvalue weighted by Gasteiger charge is -2.44. The van der Waals surface area contributed by atoms with Crippen LogP contribution < -0.4 is 16.4 Å². The predicted octanol–water partition coefficient (Wildman–Crippen LogP) is 1.10. The molecule has 1 aromatic rings. The lowest BCUT2D eigenvalue weighted by molar-refractivity contribution is -0.139. The number of Topliss-reactive ketones (excluding diaryl/α,β-unsaturated/α-hetero) is 1. The van der Waals surface area contributed by atoms with E-state index in [-0.39, 0.29) is 24.8 Å². The van der Waals surface area contributed by atoms with E-state index in [1.165, 1.54) is 19.3 Å². The number of likely N-dealkylation sites (tertiary alicyclic amines) is 1. The minimum absolute atomic E-state index is 0.0259. The molecule has 4 aliphatic rings. The van der Waals surface area contributed by atoms with Crippen molar-refractivity contribution in [1.82, 2.24) is 9.80 Å². The maximum atomic E-state index is 14.1. The number of piperazine rings is 1. The lowest BCUT2D eigenvalue weighted by atomic mass is 9.73. The molecule has 0 spiro atoms. The summed E-state index contributed by atoms with van der Waals surface area (Å²) in [4.78, 5) is 45.7. The fourth-order valence-electron chi connectivity index (χ4n) is 6.36. The van der Waals surface area contributed by atoms with Gasteiger partial charge in [-0.2, -0.15) is 0 Å². The van der Waals surface area contributed by atoms with Crippen molar-refractivity contribution in [2.24, 2.45) is 16.9 Å². The van der Waals surface area contributed by atoms with E-state index < -0.39 is 35.4 Å². The standard InChI is InChI=1S/C27H39N5O4/c1-27(2,3)22(26(35)32-14-20(28)24-23(32)21(33)15-36-24)19-13-17(7-8-18(19)25(29)34)31-11-9-30(10-12-31)16-5-4-6-16/h7-8,13,16,20,22-24H,4-6,9-12,14-15,28H2,1-3H3,(H2,29,34)/t20-,22-,23+,24+/m0/s1. The maximum absolute atomic E-state index is 14.1. The van der Waals surface area contributed by atoms with E-state index in [0.717, 1.165) is 37.9 Å². The van der Waals surface area contributed by atoms with Gasteiger partial charge < -0.3 is 26.0 Å². The molecule has 5 rings (SSSR count). The van der Waals surface area contributed by atoms with Crippen molar-refractivity contribution in [2.45, 2.75) is 70.2 Å². The number of carbonyl (C=O) groups is 3. The Hall–Kier alpha value is -2.49. The normalized spacial score (nSPS) is 28.2. The number of primary amides is 1. The molecule has 3 saturated heterocycles. The van der Waals surface area contributed by atoms with Crippen molar-refractivity contribution in [3.05, 3.63) is 29.3 Å². The molecule has 1 aromatic carbocycles. The molecule has 4 atom stereocenters. The highest BCUT2D eigenvalue weighted by Gasteiger charge is 2.53. The largest absolute Gasteiger partial charge is 0.369 e. The second-order valence-corrected chi connectivity index (χ2v) is 11.9. The zero-order valence-electron chi connectivity index (χ0n) is 21.6. The molecule has 3 aliphatic heterocycles. The van der Waals surface area contributed by atoms with Crippen molar-refractivity contribution >= 4 is 23.3 Å². The van der Waals surface area contributed by atoms with Gasteiger partial charge in [-0.25, -0.2) is 0 Å². The van der Waals surface area contributed by atoms with E-state index in [1.54, 1.807) is 11.0 Å². The van der Waals surface area contributed by atoms with E-state index in [9.17, 15) is 14.4 Å². The van der Waals surface area contributed by atoms with Gasteiger partial charge in [0.2, 0.25) is 11.8 Å². The number of hydrogen-bond donors (Lipinski definition) is 2. The third kappa shape index (κ3) is 4.41. The molecule has 0 unspecified atom stereocenters. The summed E-state index contributed by atoms with van der Waals surface area (Å²) < 4.78 is 5.60. The average Bonchev–Trinajstić information content (AvgIpc) is 3.32. The maximum Gasteiger partial charge on any atom is 0.249 e. The molecule has 4 N–H and O–H groups in total. The van der Waals surface area contributed by atoms with E-state index in [2.05, 4.69) is 9.80 Å². The van der Waals surface area contributed by atoms with Crippen molar-refractivity contribution in [3.63, 3.8) is 0 Å². The smallest absolute Gasteiger partial charge is 0.249 e. The van der Waals surface area contributed by atoms with Crippen LogP contribution >= 0.6 is 0 Å². The van der Waals surface area contributed by atoms with Crippen molar-refractivity contribution in [2.75, 3.05) is 44.2 Å². The molecule has 3 heterocycles. The van der Waals surface area contributed by atoms with Gasteiger partial charge in [0.1, 0.15) is 18.8 Å². The molecule has 36 heavy (non-hydrogen) atoms. The highest BCUT2D eigenvalue weighted by Crippen LogP contribution is 2.42. The molecule has 0 radical (unpaired) electrons. The molecule has 1 saturated carbocycles. The number of fused-ring (bicyclic) bond motifs is 1. The first-order valence-corrected chi connectivity index (χ1v) is 13.2. The molecule has 1 aliphatic carbocycles. The Kier molecular flexibility index (Phi) is 6.59. The second-order valence-electron chi connectivity index (χ2n) is 11.9. The van der Waals surface area contributed by atoms with Crippen LogP contribution in [0.3, 0.4) is 0 Å². The topological polar surface area (TPSA) is 122 Å². The minimum atomic E-state index is -0.671. The molecular weight excluding hydrogens is 458 g/mol. The first-order valence-electron chi connectivity index (χ1n) is 13.2. The Morgan fingerprint density at radius 2 is 1.81 bits per heavy atom. The van der Waals surface area contributed by atoms with Crippen LogP contribution in [0.15, 0.2) is 18.2 Å². The third-order valence-electron chi connectivity index (χ3n) is 8.50. The monoisotopic (exact) mass is 497 g/mol. The van der Waals surface area contributed by atoms with E-state index >= 15 is 0 Å². The molecule has 4 fully saturated rings. The Bertz CT molecular complexity index is 1040. The van der Waals surface area contributed by atoms with Crippen molar-refractivity contribution in [1.29, 1.82) is 0 Å². The van der Waals surface area contributed by atoms with Crippen LogP contribution in [0.5, 0.6) is 0 Å². The predicted molar refractivity (Wildman–Crippen MR) is 137 cm³/mol. The number of rotatable bonds is 5. The highest BCUT2D eigenvalue weighted by molar-refractivity contribution is 5.99. The molecule has 0 bridgehead atoms. The minimum Gasteiger partial charge on any atom is -0.369 e. The van der Waals surface area contributed by atoms with Gasteiger partial charge in [-0.1, -0.05) is 27.2 Å². The van der Waals surface area contributed by atoms with Gasteiger partial charge in [-0.3, -0.25) is 19.3 Å². The Balaban J connectivity index is 1.46. The van der Waals surface area contributed by atoms with Crippen LogP contribution in [0.1, 0.15) is 61.9 Å². The summed E-state index contributed by atoms with van der Waals surface area (Å²) >= 11 is 0. The summed E-state index contributed by atoms with van der Waals surface area (Å²) in [5.41, 5.74) is 13.5. The molecule has 2 amide bonds. The second kappa shape index (κ2) is 9.43. The third-order valence-corrected chi connectivity index (χ3v) is 8.50. The van der Waals surface area contributed by atoms with Crippen molar-refractivity contribution in [3.8, 4) is 0 Å². The fraction of sp³-hybridized carbons (Fsp3) is 0.667. The first-order chi connectivity index (χ1) is 17.1. The summed E-state index contributed by atoms with van der Waals surface area (Å²) in [6.45, 7) is 9.98. The molecule has 9 heteroatoms. The summed E-state index contributed by atoms with van der Waals surface area (Å²) in [7, 11) is 0. The Morgan fingerprint density at radius 3 is 2.39 bits per heavy atom. The number of ketones is 1. The van der Waals surface area contributed by atoms with Crippen LogP contribution in [0, 0.1) is 5.41 Å².